The zero-order chi connectivity index (χ0) is 12.9. The second kappa shape index (κ2) is 5.44. The molecular weight excluding hydrogens is 238 g/mol. The van der Waals surface area contributed by atoms with Gasteiger partial charge in [0.1, 0.15) is 0 Å². The summed E-state index contributed by atoms with van der Waals surface area (Å²) in [7, 11) is 0. The zero-order valence-corrected chi connectivity index (χ0v) is 10.5. The van der Waals surface area contributed by atoms with Crippen LogP contribution in [-0.2, 0) is 13.1 Å². The number of furan rings is 1. The number of hydrogen-bond acceptors (Lipinski definition) is 3. The van der Waals surface area contributed by atoms with Crippen molar-refractivity contribution in [3.8, 4) is 0 Å². The van der Waals surface area contributed by atoms with Crippen LogP contribution in [0.4, 0.5) is 5.69 Å². The van der Waals surface area contributed by atoms with Gasteiger partial charge in [-0.1, -0.05) is 12.1 Å². The second-order valence-corrected chi connectivity index (χ2v) is 4.39. The molecule has 1 aromatic carbocycles. The Balaban J connectivity index is 1.59. The first kappa shape index (κ1) is 11.6. The number of aromatic nitrogens is 2. The van der Waals surface area contributed by atoms with E-state index in [1.807, 2.05) is 23.0 Å². The third kappa shape index (κ3) is 3.04. The van der Waals surface area contributed by atoms with Gasteiger partial charge in [0.25, 0.3) is 0 Å². The van der Waals surface area contributed by atoms with E-state index in [2.05, 4.69) is 34.7 Å². The van der Waals surface area contributed by atoms with Crippen LogP contribution in [0.25, 0.3) is 0 Å². The van der Waals surface area contributed by atoms with Crippen LogP contribution in [-0.4, -0.2) is 9.78 Å². The fraction of sp³-hybridized carbons (Fsp3) is 0.133. The van der Waals surface area contributed by atoms with Gasteiger partial charge in [-0.15, -0.1) is 0 Å². The molecule has 1 N–H and O–H groups in total. The normalized spacial score (nSPS) is 10.5. The van der Waals surface area contributed by atoms with Gasteiger partial charge >= 0.3 is 0 Å². The van der Waals surface area contributed by atoms with Crippen LogP contribution >= 0.6 is 0 Å². The fourth-order valence-electron chi connectivity index (χ4n) is 1.91. The molecule has 3 aromatic rings. The molecule has 0 fully saturated rings. The van der Waals surface area contributed by atoms with Gasteiger partial charge in [0, 0.05) is 30.2 Å². The molecule has 0 unspecified atom stereocenters. The molecule has 0 bridgehead atoms. The first-order valence-electron chi connectivity index (χ1n) is 6.21. The molecule has 0 spiro atoms. The Morgan fingerprint density at radius 2 is 2.00 bits per heavy atom. The Kier molecular flexibility index (Phi) is 3.32. The monoisotopic (exact) mass is 253 g/mol. The number of anilines is 1. The number of nitrogens with one attached hydrogen (secondary N) is 1. The maximum atomic E-state index is 5.03. The summed E-state index contributed by atoms with van der Waals surface area (Å²) >= 11 is 0. The van der Waals surface area contributed by atoms with E-state index in [0.717, 1.165) is 24.3 Å². The van der Waals surface area contributed by atoms with Crippen LogP contribution in [0.3, 0.4) is 0 Å². The Hall–Kier alpha value is -2.49. The number of nitrogens with zero attached hydrogens (tertiary/aromatic N) is 2. The molecule has 0 atom stereocenters. The molecule has 3 rings (SSSR count). The number of hydrogen-bond donors (Lipinski definition) is 1. The largest absolute Gasteiger partial charge is 0.472 e. The minimum absolute atomic E-state index is 0.773. The van der Waals surface area contributed by atoms with Crippen molar-refractivity contribution in [3.63, 3.8) is 0 Å². The fourth-order valence-corrected chi connectivity index (χ4v) is 1.91. The van der Waals surface area contributed by atoms with E-state index < -0.39 is 0 Å². The van der Waals surface area contributed by atoms with Gasteiger partial charge in [0.15, 0.2) is 0 Å². The van der Waals surface area contributed by atoms with Gasteiger partial charge in [-0.25, -0.2) is 0 Å². The van der Waals surface area contributed by atoms with E-state index >= 15 is 0 Å². The van der Waals surface area contributed by atoms with Crippen molar-refractivity contribution < 1.29 is 4.42 Å². The van der Waals surface area contributed by atoms with E-state index in [9.17, 15) is 0 Å². The first-order chi connectivity index (χ1) is 9.40. The number of rotatable bonds is 5. The standard InChI is InChI=1S/C15H15N3O/c1-7-17-18(8-1)11-13-2-4-15(5-3-13)16-10-14-6-9-19-12-14/h1-9,12,16H,10-11H2. The van der Waals surface area contributed by atoms with Gasteiger partial charge in [0.05, 0.1) is 19.1 Å². The molecule has 4 nitrogen and oxygen atoms in total. The van der Waals surface area contributed by atoms with Crippen molar-refractivity contribution >= 4 is 5.69 Å². The van der Waals surface area contributed by atoms with Crippen molar-refractivity contribution in [2.75, 3.05) is 5.32 Å². The van der Waals surface area contributed by atoms with Crippen LogP contribution in [0.2, 0.25) is 0 Å². The summed E-state index contributed by atoms with van der Waals surface area (Å²) in [6, 6.07) is 12.3. The summed E-state index contributed by atoms with van der Waals surface area (Å²) in [5, 5.41) is 7.55. The number of benzene rings is 1. The molecule has 0 saturated carbocycles. The van der Waals surface area contributed by atoms with Crippen molar-refractivity contribution in [2.24, 2.45) is 0 Å². The zero-order valence-electron chi connectivity index (χ0n) is 10.5. The summed E-state index contributed by atoms with van der Waals surface area (Å²) < 4.78 is 6.94. The second-order valence-electron chi connectivity index (χ2n) is 4.39. The minimum Gasteiger partial charge on any atom is -0.472 e. The third-order valence-corrected chi connectivity index (χ3v) is 2.93. The van der Waals surface area contributed by atoms with E-state index in [1.165, 1.54) is 5.56 Å². The van der Waals surface area contributed by atoms with Gasteiger partial charge in [-0.2, -0.15) is 5.10 Å². The Morgan fingerprint density at radius 1 is 1.11 bits per heavy atom. The summed E-state index contributed by atoms with van der Waals surface area (Å²) in [5.41, 5.74) is 3.48. The summed E-state index contributed by atoms with van der Waals surface area (Å²) in [5.74, 6) is 0. The van der Waals surface area contributed by atoms with Crippen LogP contribution in [0.5, 0.6) is 0 Å². The Bertz CT molecular complexity index is 597. The first-order valence-corrected chi connectivity index (χ1v) is 6.21. The Labute approximate surface area is 111 Å². The van der Waals surface area contributed by atoms with Crippen molar-refractivity contribution in [3.05, 3.63) is 72.4 Å². The van der Waals surface area contributed by atoms with Crippen molar-refractivity contribution in [1.29, 1.82) is 0 Å². The average molecular weight is 253 g/mol. The highest BCUT2D eigenvalue weighted by molar-refractivity contribution is 5.45. The summed E-state index contributed by atoms with van der Waals surface area (Å²) in [4.78, 5) is 0. The minimum atomic E-state index is 0.773. The lowest BCUT2D eigenvalue weighted by molar-refractivity contribution is 0.564. The lowest BCUT2D eigenvalue weighted by Crippen LogP contribution is -2.01. The molecule has 4 heteroatoms. The predicted octanol–water partition coefficient (Wildman–Crippen LogP) is 3.14. The van der Waals surface area contributed by atoms with E-state index in [4.69, 9.17) is 4.42 Å². The quantitative estimate of drug-likeness (QED) is 0.759. The molecule has 2 aromatic heterocycles. The average Bonchev–Trinajstić information content (AvgIpc) is 3.11. The van der Waals surface area contributed by atoms with Crippen molar-refractivity contribution in [2.45, 2.75) is 13.1 Å². The topological polar surface area (TPSA) is 43.0 Å². The smallest absolute Gasteiger partial charge is 0.0952 e. The van der Waals surface area contributed by atoms with Crippen LogP contribution in [0.15, 0.2) is 65.7 Å². The Morgan fingerprint density at radius 3 is 2.68 bits per heavy atom. The maximum Gasteiger partial charge on any atom is 0.0952 e. The molecule has 96 valence electrons. The van der Waals surface area contributed by atoms with Crippen LogP contribution < -0.4 is 5.32 Å². The lowest BCUT2D eigenvalue weighted by atomic mass is 10.2. The molecule has 2 heterocycles. The summed E-state index contributed by atoms with van der Waals surface area (Å²) in [6.07, 6.45) is 7.19. The molecule has 19 heavy (non-hydrogen) atoms. The van der Waals surface area contributed by atoms with Crippen molar-refractivity contribution in [1.82, 2.24) is 9.78 Å². The van der Waals surface area contributed by atoms with Crippen LogP contribution in [0.1, 0.15) is 11.1 Å². The van der Waals surface area contributed by atoms with E-state index in [-0.39, 0.29) is 0 Å². The molecule has 0 saturated heterocycles. The predicted molar refractivity (Wildman–Crippen MR) is 73.8 cm³/mol. The molecule has 0 aliphatic carbocycles. The molecule has 0 amide bonds. The SMILES string of the molecule is c1cnn(Cc2ccc(NCc3ccoc3)cc2)c1. The highest BCUT2D eigenvalue weighted by Crippen LogP contribution is 2.12. The van der Waals surface area contributed by atoms with Gasteiger partial charge in [-0.05, 0) is 29.8 Å². The van der Waals surface area contributed by atoms with Gasteiger partial charge < -0.3 is 9.73 Å². The molecule has 0 aliphatic rings. The summed E-state index contributed by atoms with van der Waals surface area (Å²) in [6.45, 7) is 1.57. The van der Waals surface area contributed by atoms with Gasteiger partial charge in [-0.3, -0.25) is 4.68 Å². The molecular formula is C15H15N3O. The third-order valence-electron chi connectivity index (χ3n) is 2.93. The van der Waals surface area contributed by atoms with E-state index in [0.29, 0.717) is 0 Å². The molecule has 0 radical (unpaired) electrons. The highest BCUT2D eigenvalue weighted by Gasteiger charge is 1.97. The van der Waals surface area contributed by atoms with Crippen LogP contribution in [0, 0.1) is 0 Å². The lowest BCUT2D eigenvalue weighted by Gasteiger charge is -2.06. The highest BCUT2D eigenvalue weighted by atomic mass is 16.3. The molecule has 0 aliphatic heterocycles. The van der Waals surface area contributed by atoms with E-state index in [1.54, 1.807) is 18.7 Å². The maximum absolute atomic E-state index is 5.03. The van der Waals surface area contributed by atoms with Gasteiger partial charge in [0.2, 0.25) is 0 Å².